The molecule has 9 atom stereocenters. The zero-order valence-corrected chi connectivity index (χ0v) is 16.7. The summed E-state index contributed by atoms with van der Waals surface area (Å²) in [6.45, 7) is 4.81. The smallest absolute Gasteiger partial charge is 0.178 e. The molecule has 0 bridgehead atoms. The summed E-state index contributed by atoms with van der Waals surface area (Å²) in [6, 6.07) is 0. The number of allylic oxidation sites excluding steroid dienone is 4. The first-order valence-electron chi connectivity index (χ1n) is 10.3. The van der Waals surface area contributed by atoms with E-state index in [1.54, 1.807) is 13.0 Å². The van der Waals surface area contributed by atoms with Crippen LogP contribution in [-0.4, -0.2) is 56.3 Å². The molecule has 156 valence electrons. The number of aliphatic hydroxyl groups excluding tert-OH is 3. The second-order valence-corrected chi connectivity index (χ2v) is 9.93. The van der Waals surface area contributed by atoms with Crippen LogP contribution in [0.4, 0.5) is 4.39 Å². The number of hydrogen-bond donors (Lipinski definition) is 4. The normalized spacial score (nSPS) is 53.9. The van der Waals surface area contributed by atoms with E-state index < -0.39 is 46.8 Å². The van der Waals surface area contributed by atoms with Gasteiger partial charge in [-0.15, -0.1) is 0 Å². The van der Waals surface area contributed by atoms with Gasteiger partial charge in [0, 0.05) is 16.7 Å². The maximum absolute atomic E-state index is 16.9. The number of hydrogen-bond acceptors (Lipinski definition) is 5. The van der Waals surface area contributed by atoms with Gasteiger partial charge in [-0.2, -0.15) is 0 Å². The number of carbonyl (C=O) groups is 1. The number of aliphatic hydroxyl groups is 4. The van der Waals surface area contributed by atoms with Crippen molar-refractivity contribution in [1.29, 1.82) is 0 Å². The molecule has 0 aromatic rings. The van der Waals surface area contributed by atoms with Crippen LogP contribution in [0.25, 0.3) is 0 Å². The van der Waals surface area contributed by atoms with Gasteiger partial charge in [0.05, 0.1) is 12.7 Å². The molecule has 28 heavy (non-hydrogen) atoms. The molecule has 0 aliphatic heterocycles. The fourth-order valence-corrected chi connectivity index (χ4v) is 7.43. The van der Waals surface area contributed by atoms with Crippen molar-refractivity contribution in [3.05, 3.63) is 23.8 Å². The van der Waals surface area contributed by atoms with Crippen LogP contribution in [0.1, 0.15) is 46.5 Å². The first-order chi connectivity index (χ1) is 13.0. The van der Waals surface area contributed by atoms with Crippen molar-refractivity contribution < 1.29 is 29.6 Å². The highest BCUT2D eigenvalue weighted by Gasteiger charge is 2.75. The standard InChI is InChI=1S/C22H31FO5/c1-12-8-16-15-5-4-13-9-14(25)6-7-19(13,2)21(15,23)17(26)10-20(16,3)22(12,28)18(27)11-24/h6-7,9,12,15-18,24,26-28H,4-5,8,10-11H2,1-3H3/t12-,15?,16?,17?,18?,19?,20?,21+,22+/m1/s1. The first-order valence-corrected chi connectivity index (χ1v) is 10.3. The largest absolute Gasteiger partial charge is 0.394 e. The van der Waals surface area contributed by atoms with Gasteiger partial charge in [0.2, 0.25) is 0 Å². The number of alkyl halides is 1. The predicted molar refractivity (Wildman–Crippen MR) is 101 cm³/mol. The quantitative estimate of drug-likeness (QED) is 0.571. The molecule has 5 nitrogen and oxygen atoms in total. The van der Waals surface area contributed by atoms with Crippen molar-refractivity contribution in [2.75, 3.05) is 6.61 Å². The summed E-state index contributed by atoms with van der Waals surface area (Å²) < 4.78 is 16.9. The minimum Gasteiger partial charge on any atom is -0.394 e. The molecule has 0 aromatic carbocycles. The number of ketones is 1. The van der Waals surface area contributed by atoms with Gasteiger partial charge in [-0.3, -0.25) is 4.79 Å². The second kappa shape index (κ2) is 5.97. The topological polar surface area (TPSA) is 98.0 Å². The van der Waals surface area contributed by atoms with E-state index in [0.717, 1.165) is 5.57 Å². The molecule has 3 fully saturated rings. The molecule has 6 unspecified atom stereocenters. The van der Waals surface area contributed by atoms with E-state index in [0.29, 0.717) is 19.3 Å². The molecule has 4 aliphatic rings. The van der Waals surface area contributed by atoms with E-state index in [-0.39, 0.29) is 24.0 Å². The maximum Gasteiger partial charge on any atom is 0.178 e. The third-order valence-electron chi connectivity index (χ3n) is 8.99. The fourth-order valence-electron chi connectivity index (χ4n) is 7.43. The Morgan fingerprint density at radius 1 is 1.32 bits per heavy atom. The Hall–Kier alpha value is -1.08. The van der Waals surface area contributed by atoms with Gasteiger partial charge >= 0.3 is 0 Å². The molecule has 6 heteroatoms. The highest BCUT2D eigenvalue weighted by molar-refractivity contribution is 6.01. The summed E-state index contributed by atoms with van der Waals surface area (Å²) in [5.74, 6) is -1.25. The first kappa shape index (κ1) is 20.2. The molecule has 0 radical (unpaired) electrons. The molecule has 0 spiro atoms. The van der Waals surface area contributed by atoms with Crippen LogP contribution >= 0.6 is 0 Å². The van der Waals surface area contributed by atoms with Gasteiger partial charge < -0.3 is 20.4 Å². The molecule has 0 amide bonds. The minimum atomic E-state index is -1.95. The number of rotatable bonds is 2. The molecule has 3 saturated carbocycles. The second-order valence-electron chi connectivity index (χ2n) is 9.93. The third kappa shape index (κ3) is 2.07. The van der Waals surface area contributed by atoms with Crippen molar-refractivity contribution in [1.82, 2.24) is 0 Å². The van der Waals surface area contributed by atoms with E-state index in [2.05, 4.69) is 0 Å². The van der Waals surface area contributed by atoms with Crippen LogP contribution in [0.15, 0.2) is 23.8 Å². The lowest BCUT2D eigenvalue weighted by molar-refractivity contribution is -0.242. The molecule has 4 rings (SSSR count). The van der Waals surface area contributed by atoms with Crippen LogP contribution in [-0.2, 0) is 4.79 Å². The molecule has 0 aromatic heterocycles. The van der Waals surface area contributed by atoms with Crippen LogP contribution in [0.3, 0.4) is 0 Å². The van der Waals surface area contributed by atoms with Gasteiger partial charge in [-0.1, -0.05) is 25.5 Å². The van der Waals surface area contributed by atoms with E-state index in [1.807, 2.05) is 13.8 Å². The van der Waals surface area contributed by atoms with Gasteiger partial charge in [0.1, 0.15) is 11.7 Å². The van der Waals surface area contributed by atoms with Gasteiger partial charge in [0.25, 0.3) is 0 Å². The summed E-state index contributed by atoms with van der Waals surface area (Å²) in [5, 5.41) is 42.7. The summed E-state index contributed by atoms with van der Waals surface area (Å²) in [7, 11) is 0. The van der Waals surface area contributed by atoms with Crippen molar-refractivity contribution in [2.24, 2.45) is 28.6 Å². The van der Waals surface area contributed by atoms with Gasteiger partial charge in [-0.25, -0.2) is 4.39 Å². The molecule has 4 N–H and O–H groups in total. The molecule has 0 saturated heterocycles. The van der Waals surface area contributed by atoms with E-state index in [4.69, 9.17) is 0 Å². The van der Waals surface area contributed by atoms with Crippen LogP contribution in [0.5, 0.6) is 0 Å². The summed E-state index contributed by atoms with van der Waals surface area (Å²) in [4.78, 5) is 11.8. The summed E-state index contributed by atoms with van der Waals surface area (Å²) in [6.07, 6.45) is 3.35. The summed E-state index contributed by atoms with van der Waals surface area (Å²) >= 11 is 0. The van der Waals surface area contributed by atoms with Crippen molar-refractivity contribution in [3.63, 3.8) is 0 Å². The van der Waals surface area contributed by atoms with Crippen LogP contribution < -0.4 is 0 Å². The maximum atomic E-state index is 16.9. The molecular formula is C22H31FO5. The Labute approximate surface area is 165 Å². The third-order valence-corrected chi connectivity index (χ3v) is 8.99. The summed E-state index contributed by atoms with van der Waals surface area (Å²) in [5.41, 5.74) is -4.81. The van der Waals surface area contributed by atoms with Crippen molar-refractivity contribution in [3.8, 4) is 0 Å². The Kier molecular flexibility index (Phi) is 4.31. The molecular weight excluding hydrogens is 363 g/mol. The SMILES string of the molecule is C[C@@H]1CC2C3CCC4=CC(=O)C=CC4(C)[C@@]3(F)C(O)CC2(C)[C@@]1(O)C(O)CO. The zero-order chi connectivity index (χ0) is 20.7. The van der Waals surface area contributed by atoms with Crippen LogP contribution in [0.2, 0.25) is 0 Å². The number of halogens is 1. The zero-order valence-electron chi connectivity index (χ0n) is 16.7. The van der Waals surface area contributed by atoms with Crippen LogP contribution in [0, 0.1) is 28.6 Å². The Bertz CT molecular complexity index is 764. The van der Waals surface area contributed by atoms with Gasteiger partial charge in [0.15, 0.2) is 11.5 Å². The Morgan fingerprint density at radius 3 is 2.64 bits per heavy atom. The molecule has 4 aliphatic carbocycles. The van der Waals surface area contributed by atoms with Gasteiger partial charge in [-0.05, 0) is 56.6 Å². The van der Waals surface area contributed by atoms with E-state index in [1.165, 1.54) is 12.2 Å². The lowest BCUT2D eigenvalue weighted by atomic mass is 9.44. The average molecular weight is 394 g/mol. The fraction of sp³-hybridized carbons (Fsp3) is 0.773. The predicted octanol–water partition coefficient (Wildman–Crippen LogP) is 1.69. The number of carbonyl (C=O) groups excluding carboxylic acids is 1. The van der Waals surface area contributed by atoms with E-state index in [9.17, 15) is 25.2 Å². The Morgan fingerprint density at radius 2 is 2.00 bits per heavy atom. The number of fused-ring (bicyclic) bond motifs is 5. The Balaban J connectivity index is 1.83. The lowest BCUT2D eigenvalue weighted by Crippen LogP contribution is -2.70. The highest BCUT2D eigenvalue weighted by Crippen LogP contribution is 2.71. The van der Waals surface area contributed by atoms with Crippen molar-refractivity contribution in [2.45, 2.75) is 69.9 Å². The average Bonchev–Trinajstić information content (AvgIpc) is 2.84. The minimum absolute atomic E-state index is 0.00672. The lowest BCUT2D eigenvalue weighted by Gasteiger charge is -2.63. The monoisotopic (exact) mass is 394 g/mol. The van der Waals surface area contributed by atoms with Crippen molar-refractivity contribution >= 4 is 5.78 Å². The molecule has 0 heterocycles. The highest BCUT2D eigenvalue weighted by atomic mass is 19.1. The van der Waals surface area contributed by atoms with E-state index >= 15 is 4.39 Å².